The van der Waals surface area contributed by atoms with E-state index in [0.717, 1.165) is 19.0 Å². The lowest BCUT2D eigenvalue weighted by molar-refractivity contribution is 0.156. The number of hydrogen-bond donors (Lipinski definition) is 1. The molecule has 3 heteroatoms. The summed E-state index contributed by atoms with van der Waals surface area (Å²) in [4.78, 5) is 2.66. The van der Waals surface area contributed by atoms with E-state index in [1.807, 2.05) is 0 Å². The second-order valence-corrected chi connectivity index (χ2v) is 6.04. The lowest BCUT2D eigenvalue weighted by Crippen LogP contribution is -2.45. The van der Waals surface area contributed by atoms with Crippen LogP contribution in [-0.2, 0) is 0 Å². The van der Waals surface area contributed by atoms with Crippen LogP contribution in [0, 0.1) is 5.92 Å². The SMILES string of the molecule is Brc1ccc(C(C2CC2)N2CCNCC2)cc1. The van der Waals surface area contributed by atoms with Gasteiger partial charge in [0.05, 0.1) is 0 Å². The third-order valence-corrected chi connectivity index (χ3v) is 4.35. The van der Waals surface area contributed by atoms with Gasteiger partial charge in [-0.25, -0.2) is 0 Å². The predicted octanol–water partition coefficient (Wildman–Crippen LogP) is 2.81. The monoisotopic (exact) mass is 294 g/mol. The van der Waals surface area contributed by atoms with E-state index in [1.54, 1.807) is 0 Å². The third kappa shape index (κ3) is 2.72. The molecule has 92 valence electrons. The maximum atomic E-state index is 3.52. The molecule has 0 amide bonds. The van der Waals surface area contributed by atoms with Crippen molar-refractivity contribution >= 4 is 15.9 Å². The number of piperazine rings is 1. The van der Waals surface area contributed by atoms with Crippen LogP contribution in [0.3, 0.4) is 0 Å². The molecule has 1 atom stereocenters. The van der Waals surface area contributed by atoms with Crippen molar-refractivity contribution in [2.45, 2.75) is 18.9 Å². The number of halogens is 1. The Morgan fingerprint density at radius 2 is 1.76 bits per heavy atom. The fraction of sp³-hybridized carbons (Fsp3) is 0.571. The van der Waals surface area contributed by atoms with Crippen LogP contribution in [0.4, 0.5) is 0 Å². The lowest BCUT2D eigenvalue weighted by atomic mass is 10.00. The molecule has 1 aromatic carbocycles. The van der Waals surface area contributed by atoms with E-state index < -0.39 is 0 Å². The topological polar surface area (TPSA) is 15.3 Å². The second-order valence-electron chi connectivity index (χ2n) is 5.12. The lowest BCUT2D eigenvalue weighted by Gasteiger charge is -2.35. The van der Waals surface area contributed by atoms with Gasteiger partial charge in [-0.05, 0) is 36.5 Å². The zero-order chi connectivity index (χ0) is 11.7. The molecule has 1 aromatic rings. The fourth-order valence-corrected chi connectivity index (χ4v) is 3.08. The minimum atomic E-state index is 0.658. The van der Waals surface area contributed by atoms with Crippen molar-refractivity contribution in [1.29, 1.82) is 0 Å². The summed E-state index contributed by atoms with van der Waals surface area (Å²) < 4.78 is 1.18. The van der Waals surface area contributed by atoms with Crippen molar-refractivity contribution in [2.75, 3.05) is 26.2 Å². The summed E-state index contributed by atoms with van der Waals surface area (Å²) in [6, 6.07) is 9.58. The molecule has 1 unspecified atom stereocenters. The Kier molecular flexibility index (Phi) is 3.50. The Labute approximate surface area is 112 Å². The Morgan fingerprint density at radius 1 is 1.12 bits per heavy atom. The highest BCUT2D eigenvalue weighted by Gasteiger charge is 2.36. The molecule has 3 rings (SSSR count). The Morgan fingerprint density at radius 3 is 2.35 bits per heavy atom. The average molecular weight is 295 g/mol. The molecule has 1 heterocycles. The summed E-state index contributed by atoms with van der Waals surface area (Å²) in [5, 5.41) is 3.44. The molecule has 0 bridgehead atoms. The number of hydrogen-bond acceptors (Lipinski definition) is 2. The highest BCUT2D eigenvalue weighted by atomic mass is 79.9. The molecule has 1 aliphatic carbocycles. The van der Waals surface area contributed by atoms with E-state index in [-0.39, 0.29) is 0 Å². The van der Waals surface area contributed by atoms with Crippen LogP contribution in [0.2, 0.25) is 0 Å². The van der Waals surface area contributed by atoms with Crippen molar-refractivity contribution in [3.63, 3.8) is 0 Å². The van der Waals surface area contributed by atoms with Gasteiger partial charge in [-0.1, -0.05) is 28.1 Å². The standard InChI is InChI=1S/C14H19BrN2/c15-13-5-3-12(4-6-13)14(11-1-2-11)17-9-7-16-8-10-17/h3-6,11,14,16H,1-2,7-10H2. The van der Waals surface area contributed by atoms with E-state index in [4.69, 9.17) is 0 Å². The molecule has 2 fully saturated rings. The minimum absolute atomic E-state index is 0.658. The summed E-state index contributed by atoms with van der Waals surface area (Å²) in [6.07, 6.45) is 2.81. The molecule has 0 spiro atoms. The molecule has 0 aromatic heterocycles. The Hall–Kier alpha value is -0.380. The van der Waals surface area contributed by atoms with Crippen LogP contribution >= 0.6 is 15.9 Å². The quantitative estimate of drug-likeness (QED) is 0.922. The highest BCUT2D eigenvalue weighted by molar-refractivity contribution is 9.10. The third-order valence-electron chi connectivity index (χ3n) is 3.83. The first-order valence-electron chi connectivity index (χ1n) is 6.55. The predicted molar refractivity (Wildman–Crippen MR) is 74.0 cm³/mol. The van der Waals surface area contributed by atoms with Crippen molar-refractivity contribution in [3.05, 3.63) is 34.3 Å². The van der Waals surface area contributed by atoms with E-state index >= 15 is 0 Å². The van der Waals surface area contributed by atoms with Crippen LogP contribution < -0.4 is 5.32 Å². The first-order chi connectivity index (χ1) is 8.34. The highest BCUT2D eigenvalue weighted by Crippen LogP contribution is 2.44. The summed E-state index contributed by atoms with van der Waals surface area (Å²) in [7, 11) is 0. The molecule has 17 heavy (non-hydrogen) atoms. The van der Waals surface area contributed by atoms with Gasteiger partial charge in [0.15, 0.2) is 0 Å². The number of nitrogens with one attached hydrogen (secondary N) is 1. The van der Waals surface area contributed by atoms with Crippen LogP contribution in [0.1, 0.15) is 24.4 Å². The average Bonchev–Trinajstić information content (AvgIpc) is 3.18. The van der Waals surface area contributed by atoms with Crippen LogP contribution in [0.15, 0.2) is 28.7 Å². The molecule has 2 aliphatic rings. The van der Waals surface area contributed by atoms with Gasteiger partial charge in [0.1, 0.15) is 0 Å². The maximum absolute atomic E-state index is 3.52. The molecule has 1 N–H and O–H groups in total. The molecular weight excluding hydrogens is 276 g/mol. The number of nitrogens with zero attached hydrogens (tertiary/aromatic N) is 1. The van der Waals surface area contributed by atoms with E-state index in [1.165, 1.54) is 36.0 Å². The maximum Gasteiger partial charge on any atom is 0.0377 e. The molecule has 2 nitrogen and oxygen atoms in total. The summed E-state index contributed by atoms with van der Waals surface area (Å²) in [5.74, 6) is 0.897. The van der Waals surface area contributed by atoms with Crippen molar-refractivity contribution in [2.24, 2.45) is 5.92 Å². The summed E-state index contributed by atoms with van der Waals surface area (Å²) in [5.41, 5.74) is 1.50. The van der Waals surface area contributed by atoms with Gasteiger partial charge >= 0.3 is 0 Å². The first kappa shape index (κ1) is 11.7. The smallest absolute Gasteiger partial charge is 0.0377 e. The minimum Gasteiger partial charge on any atom is -0.314 e. The normalized spacial score (nSPS) is 23.6. The van der Waals surface area contributed by atoms with Crippen LogP contribution in [0.25, 0.3) is 0 Å². The number of rotatable bonds is 3. The molecular formula is C14H19BrN2. The van der Waals surface area contributed by atoms with Gasteiger partial charge in [0.25, 0.3) is 0 Å². The van der Waals surface area contributed by atoms with E-state index in [9.17, 15) is 0 Å². The second kappa shape index (κ2) is 5.09. The van der Waals surface area contributed by atoms with Gasteiger partial charge in [-0.3, -0.25) is 4.90 Å². The summed E-state index contributed by atoms with van der Waals surface area (Å²) >= 11 is 3.52. The van der Waals surface area contributed by atoms with Gasteiger partial charge in [0.2, 0.25) is 0 Å². The molecule has 1 saturated carbocycles. The Bertz CT molecular complexity index is 366. The van der Waals surface area contributed by atoms with Gasteiger partial charge in [-0.2, -0.15) is 0 Å². The molecule has 1 saturated heterocycles. The fourth-order valence-electron chi connectivity index (χ4n) is 2.81. The zero-order valence-corrected chi connectivity index (χ0v) is 11.6. The van der Waals surface area contributed by atoms with Crippen molar-refractivity contribution in [1.82, 2.24) is 10.2 Å². The van der Waals surface area contributed by atoms with E-state index in [0.29, 0.717) is 6.04 Å². The van der Waals surface area contributed by atoms with Crippen molar-refractivity contribution in [3.8, 4) is 0 Å². The van der Waals surface area contributed by atoms with Crippen LogP contribution in [-0.4, -0.2) is 31.1 Å². The first-order valence-corrected chi connectivity index (χ1v) is 7.34. The van der Waals surface area contributed by atoms with Gasteiger partial charge < -0.3 is 5.32 Å². The zero-order valence-electron chi connectivity index (χ0n) is 10.0. The van der Waals surface area contributed by atoms with Gasteiger partial charge in [-0.15, -0.1) is 0 Å². The van der Waals surface area contributed by atoms with Crippen LogP contribution in [0.5, 0.6) is 0 Å². The van der Waals surface area contributed by atoms with Crippen molar-refractivity contribution < 1.29 is 0 Å². The molecule has 0 radical (unpaired) electrons. The molecule has 1 aliphatic heterocycles. The Balaban J connectivity index is 1.81. The largest absolute Gasteiger partial charge is 0.314 e. The van der Waals surface area contributed by atoms with Gasteiger partial charge in [0, 0.05) is 36.7 Å². The summed E-state index contributed by atoms with van der Waals surface area (Å²) in [6.45, 7) is 4.66. The number of benzene rings is 1. The van der Waals surface area contributed by atoms with E-state index in [2.05, 4.69) is 50.4 Å².